The third kappa shape index (κ3) is 2.05. The van der Waals surface area contributed by atoms with E-state index in [1.165, 1.54) is 0 Å². The summed E-state index contributed by atoms with van der Waals surface area (Å²) in [5, 5.41) is 0. The van der Waals surface area contributed by atoms with E-state index in [-0.39, 0.29) is 6.29 Å². The molecule has 0 saturated carbocycles. The van der Waals surface area contributed by atoms with Crippen molar-refractivity contribution in [3.8, 4) is 5.75 Å². The minimum Gasteiger partial charge on any atom is -0.494 e. The quantitative estimate of drug-likeness (QED) is 0.737. The highest BCUT2D eigenvalue weighted by Gasteiger charge is 2.17. The molecule has 14 heavy (non-hydrogen) atoms. The van der Waals surface area contributed by atoms with Gasteiger partial charge >= 0.3 is 0 Å². The summed E-state index contributed by atoms with van der Waals surface area (Å²) in [5.41, 5.74) is 1.05. The minimum atomic E-state index is -0.189. The number of hydrogen-bond donors (Lipinski definition) is 0. The second kappa shape index (κ2) is 4.44. The molecule has 0 unspecified atom stereocenters. The molecular weight excluding hydrogens is 180 g/mol. The number of hydrogen-bond acceptors (Lipinski definition) is 3. The summed E-state index contributed by atoms with van der Waals surface area (Å²) < 4.78 is 16.1. The second-order valence-electron chi connectivity index (χ2n) is 3.08. The molecule has 0 atom stereocenters. The lowest BCUT2D eigenvalue weighted by molar-refractivity contribution is -0.0441. The van der Waals surface area contributed by atoms with Crippen molar-refractivity contribution in [2.45, 2.75) is 13.2 Å². The molecule has 1 aromatic rings. The Hall–Kier alpha value is -1.06. The van der Waals surface area contributed by atoms with Gasteiger partial charge in [0.25, 0.3) is 0 Å². The van der Waals surface area contributed by atoms with Crippen molar-refractivity contribution < 1.29 is 14.2 Å². The summed E-state index contributed by atoms with van der Waals surface area (Å²) in [5.74, 6) is 0.884. The van der Waals surface area contributed by atoms with E-state index in [0.29, 0.717) is 19.8 Å². The van der Waals surface area contributed by atoms with Gasteiger partial charge in [0.15, 0.2) is 6.29 Å². The van der Waals surface area contributed by atoms with Gasteiger partial charge in [0, 0.05) is 5.56 Å². The van der Waals surface area contributed by atoms with Gasteiger partial charge in [0.1, 0.15) is 5.75 Å². The smallest absolute Gasteiger partial charge is 0.184 e. The highest BCUT2D eigenvalue weighted by Crippen LogP contribution is 2.24. The van der Waals surface area contributed by atoms with Gasteiger partial charge in [-0.15, -0.1) is 0 Å². The molecule has 3 heteroatoms. The van der Waals surface area contributed by atoms with E-state index in [2.05, 4.69) is 0 Å². The topological polar surface area (TPSA) is 27.7 Å². The van der Waals surface area contributed by atoms with Gasteiger partial charge in [0.05, 0.1) is 19.8 Å². The van der Waals surface area contributed by atoms with Crippen molar-refractivity contribution in [1.82, 2.24) is 0 Å². The standard InChI is InChI=1S/C11H14O3/c1-2-12-10-5-3-9(4-6-10)11-13-7-8-14-11/h3-6,11H,2,7-8H2,1H3. The van der Waals surface area contributed by atoms with E-state index in [1.54, 1.807) is 0 Å². The maximum absolute atomic E-state index is 5.38. The number of benzene rings is 1. The van der Waals surface area contributed by atoms with E-state index in [1.807, 2.05) is 31.2 Å². The third-order valence-corrected chi connectivity index (χ3v) is 2.09. The fraction of sp³-hybridized carbons (Fsp3) is 0.455. The maximum atomic E-state index is 5.38. The molecule has 0 spiro atoms. The lowest BCUT2D eigenvalue weighted by Gasteiger charge is -2.09. The van der Waals surface area contributed by atoms with Crippen LogP contribution >= 0.6 is 0 Å². The van der Waals surface area contributed by atoms with E-state index in [4.69, 9.17) is 14.2 Å². The van der Waals surface area contributed by atoms with Gasteiger partial charge in [0.2, 0.25) is 0 Å². The van der Waals surface area contributed by atoms with Gasteiger partial charge in [-0.25, -0.2) is 0 Å². The van der Waals surface area contributed by atoms with Crippen LogP contribution in [0.4, 0.5) is 0 Å². The Labute approximate surface area is 83.6 Å². The van der Waals surface area contributed by atoms with Crippen LogP contribution in [0.5, 0.6) is 5.75 Å². The molecule has 0 amide bonds. The largest absolute Gasteiger partial charge is 0.494 e. The fourth-order valence-electron chi connectivity index (χ4n) is 1.44. The summed E-state index contributed by atoms with van der Waals surface area (Å²) in [6.45, 7) is 4.02. The van der Waals surface area contributed by atoms with Crippen molar-refractivity contribution in [2.75, 3.05) is 19.8 Å². The van der Waals surface area contributed by atoms with Crippen LogP contribution in [0, 0.1) is 0 Å². The van der Waals surface area contributed by atoms with Crippen LogP contribution in [0.3, 0.4) is 0 Å². The monoisotopic (exact) mass is 194 g/mol. The molecule has 3 nitrogen and oxygen atoms in total. The molecule has 1 fully saturated rings. The zero-order chi connectivity index (χ0) is 9.80. The zero-order valence-electron chi connectivity index (χ0n) is 8.23. The van der Waals surface area contributed by atoms with Crippen LogP contribution in [-0.4, -0.2) is 19.8 Å². The van der Waals surface area contributed by atoms with Crippen molar-refractivity contribution >= 4 is 0 Å². The highest BCUT2D eigenvalue weighted by atomic mass is 16.7. The molecule has 1 aromatic carbocycles. The molecule has 2 rings (SSSR count). The normalized spacial score (nSPS) is 17.2. The summed E-state index contributed by atoms with van der Waals surface area (Å²) in [7, 11) is 0. The van der Waals surface area contributed by atoms with Crippen molar-refractivity contribution in [3.05, 3.63) is 29.8 Å². The van der Waals surface area contributed by atoms with Gasteiger partial charge in [-0.2, -0.15) is 0 Å². The number of rotatable bonds is 3. The molecule has 1 heterocycles. The first-order chi connectivity index (χ1) is 6.90. The van der Waals surface area contributed by atoms with E-state index in [9.17, 15) is 0 Å². The summed E-state index contributed by atoms with van der Waals surface area (Å²) in [6, 6.07) is 7.82. The van der Waals surface area contributed by atoms with Gasteiger partial charge in [-0.3, -0.25) is 0 Å². The summed E-state index contributed by atoms with van der Waals surface area (Å²) >= 11 is 0. The zero-order valence-corrected chi connectivity index (χ0v) is 8.23. The summed E-state index contributed by atoms with van der Waals surface area (Å²) in [4.78, 5) is 0. The molecule has 0 aromatic heterocycles. The predicted molar refractivity (Wildman–Crippen MR) is 52.3 cm³/mol. The summed E-state index contributed by atoms with van der Waals surface area (Å²) in [6.07, 6.45) is -0.189. The Morgan fingerprint density at radius 1 is 1.21 bits per heavy atom. The van der Waals surface area contributed by atoms with Crippen molar-refractivity contribution in [2.24, 2.45) is 0 Å². The first-order valence-corrected chi connectivity index (χ1v) is 4.86. The van der Waals surface area contributed by atoms with Crippen LogP contribution < -0.4 is 4.74 Å². The Balaban J connectivity index is 2.05. The lowest BCUT2D eigenvalue weighted by atomic mass is 10.2. The maximum Gasteiger partial charge on any atom is 0.184 e. The Morgan fingerprint density at radius 3 is 2.43 bits per heavy atom. The van der Waals surface area contributed by atoms with Crippen LogP contribution in [0.25, 0.3) is 0 Å². The molecule has 0 bridgehead atoms. The first-order valence-electron chi connectivity index (χ1n) is 4.86. The van der Waals surface area contributed by atoms with Gasteiger partial charge < -0.3 is 14.2 Å². The van der Waals surface area contributed by atoms with Crippen LogP contribution in [-0.2, 0) is 9.47 Å². The van der Waals surface area contributed by atoms with Crippen LogP contribution in [0.2, 0.25) is 0 Å². The van der Waals surface area contributed by atoms with E-state index in [0.717, 1.165) is 11.3 Å². The van der Waals surface area contributed by atoms with Crippen LogP contribution in [0.15, 0.2) is 24.3 Å². The molecule has 0 radical (unpaired) electrons. The van der Waals surface area contributed by atoms with Crippen LogP contribution in [0.1, 0.15) is 18.8 Å². The highest BCUT2D eigenvalue weighted by molar-refractivity contribution is 5.28. The molecule has 76 valence electrons. The first kappa shape index (κ1) is 9.49. The number of ether oxygens (including phenoxy) is 3. The molecular formula is C11H14O3. The second-order valence-corrected chi connectivity index (χ2v) is 3.08. The SMILES string of the molecule is CCOc1ccc(C2OCCO2)cc1. The molecule has 1 saturated heterocycles. The molecule has 0 aliphatic carbocycles. The van der Waals surface area contributed by atoms with Crippen molar-refractivity contribution in [1.29, 1.82) is 0 Å². The Bertz CT molecular complexity index is 275. The third-order valence-electron chi connectivity index (χ3n) is 2.09. The molecule has 0 N–H and O–H groups in total. The average Bonchev–Trinajstić information content (AvgIpc) is 2.72. The molecule has 1 aliphatic rings. The van der Waals surface area contributed by atoms with Gasteiger partial charge in [-0.05, 0) is 19.1 Å². The minimum absolute atomic E-state index is 0.189. The lowest BCUT2D eigenvalue weighted by Crippen LogP contribution is -1.98. The van der Waals surface area contributed by atoms with E-state index >= 15 is 0 Å². The fourth-order valence-corrected chi connectivity index (χ4v) is 1.44. The van der Waals surface area contributed by atoms with Crippen molar-refractivity contribution in [3.63, 3.8) is 0 Å². The Kier molecular flexibility index (Phi) is 3.01. The van der Waals surface area contributed by atoms with Gasteiger partial charge in [-0.1, -0.05) is 12.1 Å². The Morgan fingerprint density at radius 2 is 1.86 bits per heavy atom. The van der Waals surface area contributed by atoms with E-state index < -0.39 is 0 Å². The average molecular weight is 194 g/mol. The molecule has 1 aliphatic heterocycles. The predicted octanol–water partition coefficient (Wildman–Crippen LogP) is 2.13.